The highest BCUT2D eigenvalue weighted by atomic mass is 16.4. The molecule has 3 heteroatoms. The van der Waals surface area contributed by atoms with Crippen molar-refractivity contribution in [3.05, 3.63) is 0 Å². The molecule has 3 saturated carbocycles. The van der Waals surface area contributed by atoms with E-state index < -0.39 is 5.60 Å². The van der Waals surface area contributed by atoms with Crippen molar-refractivity contribution in [2.45, 2.75) is 125 Å². The van der Waals surface area contributed by atoms with Gasteiger partial charge in [0.25, 0.3) is 0 Å². The first-order valence-electron chi connectivity index (χ1n) is 13.4. The molecule has 0 spiro atoms. The van der Waals surface area contributed by atoms with Crippen LogP contribution in [0.1, 0.15) is 119 Å². The molecule has 0 amide bonds. The van der Waals surface area contributed by atoms with Gasteiger partial charge in [0.1, 0.15) is 0 Å². The fourth-order valence-electron chi connectivity index (χ4n) is 8.37. The molecule has 7 atom stereocenters. The Balaban J connectivity index is 1.76. The summed E-state index contributed by atoms with van der Waals surface area (Å²) < 4.78 is 0. The van der Waals surface area contributed by atoms with Gasteiger partial charge in [-0.15, -0.1) is 0 Å². The first-order valence-corrected chi connectivity index (χ1v) is 13.4. The molecule has 0 aromatic carbocycles. The Kier molecular flexibility index (Phi) is 7.56. The Labute approximate surface area is 192 Å². The molecule has 0 aromatic rings. The highest BCUT2D eigenvalue weighted by molar-refractivity contribution is 5.90. The van der Waals surface area contributed by atoms with E-state index >= 15 is 0 Å². The summed E-state index contributed by atoms with van der Waals surface area (Å²) in [5, 5.41) is 24.1. The predicted molar refractivity (Wildman–Crippen MR) is 130 cm³/mol. The van der Waals surface area contributed by atoms with E-state index in [0.717, 1.165) is 54.6 Å². The van der Waals surface area contributed by atoms with Gasteiger partial charge >= 0.3 is 0 Å². The van der Waals surface area contributed by atoms with E-state index in [4.69, 9.17) is 0 Å². The molecule has 0 heterocycles. The molecule has 0 radical (unpaired) electrons. The number of fused-ring (bicyclic) bond motifs is 3. The third-order valence-corrected chi connectivity index (χ3v) is 10.2. The van der Waals surface area contributed by atoms with Crippen molar-refractivity contribution in [3.63, 3.8) is 0 Å². The van der Waals surface area contributed by atoms with Gasteiger partial charge in [-0.2, -0.15) is 0 Å². The second-order valence-electron chi connectivity index (χ2n) is 13.2. The Morgan fingerprint density at radius 1 is 1.03 bits per heavy atom. The zero-order valence-corrected chi connectivity index (χ0v) is 21.6. The molecular weight excluding hydrogens is 382 g/mol. The van der Waals surface area contributed by atoms with Crippen LogP contribution in [0.5, 0.6) is 0 Å². The second kappa shape index (κ2) is 9.35. The van der Waals surface area contributed by atoms with E-state index in [1.54, 1.807) is 0 Å². The maximum Gasteiger partial charge on any atom is 0.0632 e. The third-order valence-electron chi connectivity index (χ3n) is 10.2. The van der Waals surface area contributed by atoms with Gasteiger partial charge in [-0.25, -0.2) is 0 Å². The number of nitrogens with zero attached hydrogens (tertiary/aromatic N) is 1. The Bertz CT molecular complexity index is 635. The maximum atomic E-state index is 10.4. The maximum absolute atomic E-state index is 10.4. The summed E-state index contributed by atoms with van der Waals surface area (Å²) in [6.45, 7) is 16.0. The molecule has 0 aliphatic heterocycles. The van der Waals surface area contributed by atoms with E-state index in [2.05, 4.69) is 39.8 Å². The molecule has 3 aliphatic carbocycles. The van der Waals surface area contributed by atoms with E-state index in [9.17, 15) is 10.3 Å². The molecule has 0 saturated heterocycles. The van der Waals surface area contributed by atoms with E-state index in [-0.39, 0.29) is 5.41 Å². The van der Waals surface area contributed by atoms with Gasteiger partial charge < -0.3 is 10.3 Å². The van der Waals surface area contributed by atoms with Crippen LogP contribution in [-0.2, 0) is 0 Å². The van der Waals surface area contributed by atoms with Gasteiger partial charge in [0, 0.05) is 5.41 Å². The van der Waals surface area contributed by atoms with E-state index in [1.165, 1.54) is 51.4 Å². The smallest absolute Gasteiger partial charge is 0.0632 e. The van der Waals surface area contributed by atoms with E-state index in [0.29, 0.717) is 11.3 Å². The minimum atomic E-state index is -0.663. The van der Waals surface area contributed by atoms with Gasteiger partial charge in [-0.1, -0.05) is 59.0 Å². The molecular formula is C28H51NO2. The zero-order chi connectivity index (χ0) is 23.0. The standard InChI is InChI=1S/C28H51NO2/c1-19(2)9-8-10-20(3)22-12-13-23-21-11-14-25(29-31)28(7,18-17-26(4,5)30)24(21)15-16-27(22,23)6/h19-24,30-31H,8-18H2,1-7H3/b29-25-/t20-,21+,22-,23+,24+,27-,28-/m1/s1. The molecule has 2 N–H and O–H groups in total. The number of aliphatic hydroxyl groups is 1. The quantitative estimate of drug-likeness (QED) is 0.304. The zero-order valence-electron chi connectivity index (χ0n) is 21.6. The summed E-state index contributed by atoms with van der Waals surface area (Å²) in [6, 6.07) is 0. The van der Waals surface area contributed by atoms with Crippen molar-refractivity contribution >= 4 is 5.71 Å². The number of oxime groups is 1. The number of rotatable bonds is 8. The minimum Gasteiger partial charge on any atom is -0.411 e. The highest BCUT2D eigenvalue weighted by Crippen LogP contribution is 2.66. The molecule has 3 nitrogen and oxygen atoms in total. The Hall–Kier alpha value is -0.570. The number of hydrogen-bond acceptors (Lipinski definition) is 3. The molecule has 0 unspecified atom stereocenters. The molecule has 31 heavy (non-hydrogen) atoms. The summed E-state index contributed by atoms with van der Waals surface area (Å²) in [7, 11) is 0. The van der Waals surface area contributed by atoms with Crippen LogP contribution in [-0.4, -0.2) is 21.6 Å². The minimum absolute atomic E-state index is 0.0695. The van der Waals surface area contributed by atoms with Crippen LogP contribution in [0.2, 0.25) is 0 Å². The van der Waals surface area contributed by atoms with Crippen LogP contribution in [0.3, 0.4) is 0 Å². The highest BCUT2D eigenvalue weighted by Gasteiger charge is 2.59. The van der Waals surface area contributed by atoms with Gasteiger partial charge in [0.15, 0.2) is 0 Å². The fraction of sp³-hybridized carbons (Fsp3) is 0.964. The van der Waals surface area contributed by atoms with Gasteiger partial charge in [-0.05, 0) is 106 Å². The topological polar surface area (TPSA) is 52.8 Å². The van der Waals surface area contributed by atoms with Crippen LogP contribution in [0.4, 0.5) is 0 Å². The van der Waals surface area contributed by atoms with Crippen LogP contribution in [0.15, 0.2) is 5.16 Å². The molecule has 3 rings (SSSR count). The summed E-state index contributed by atoms with van der Waals surface area (Å²) >= 11 is 0. The lowest BCUT2D eigenvalue weighted by atomic mass is 9.47. The summed E-state index contributed by atoms with van der Waals surface area (Å²) in [5.41, 5.74) is 0.755. The SMILES string of the molecule is CC(C)CCC[C@@H](C)[C@H]1CC[C@H]2[C@@H]3CC/C(=N/O)[C@](C)(CCC(C)(C)O)[C@H]3CC[C@]12C. The van der Waals surface area contributed by atoms with Crippen molar-refractivity contribution < 1.29 is 10.3 Å². The predicted octanol–water partition coefficient (Wildman–Crippen LogP) is 7.69. The molecule has 3 aliphatic rings. The van der Waals surface area contributed by atoms with Gasteiger partial charge in [-0.3, -0.25) is 0 Å². The Morgan fingerprint density at radius 3 is 2.35 bits per heavy atom. The van der Waals surface area contributed by atoms with Gasteiger partial charge in [0.2, 0.25) is 0 Å². The lowest BCUT2D eigenvalue weighted by Crippen LogP contribution is -2.53. The largest absolute Gasteiger partial charge is 0.411 e. The van der Waals surface area contributed by atoms with Crippen molar-refractivity contribution in [2.24, 2.45) is 51.5 Å². The third kappa shape index (κ3) is 5.02. The first kappa shape index (κ1) is 25.1. The van der Waals surface area contributed by atoms with Crippen LogP contribution < -0.4 is 0 Å². The van der Waals surface area contributed by atoms with Crippen LogP contribution in [0, 0.1) is 46.3 Å². The fourth-order valence-corrected chi connectivity index (χ4v) is 8.37. The second-order valence-corrected chi connectivity index (χ2v) is 13.2. The van der Waals surface area contributed by atoms with Crippen molar-refractivity contribution in [3.8, 4) is 0 Å². The monoisotopic (exact) mass is 433 g/mol. The van der Waals surface area contributed by atoms with Gasteiger partial charge in [0.05, 0.1) is 11.3 Å². The van der Waals surface area contributed by atoms with Crippen molar-refractivity contribution in [1.29, 1.82) is 0 Å². The normalized spacial score (nSPS) is 40.7. The molecule has 0 bridgehead atoms. The molecule has 0 aromatic heterocycles. The van der Waals surface area contributed by atoms with E-state index in [1.807, 2.05) is 13.8 Å². The lowest BCUT2D eigenvalue weighted by molar-refractivity contribution is -0.0501. The average Bonchev–Trinajstić information content (AvgIpc) is 3.03. The van der Waals surface area contributed by atoms with Crippen LogP contribution in [0.25, 0.3) is 0 Å². The molecule has 180 valence electrons. The lowest BCUT2D eigenvalue weighted by Gasteiger charge is -2.57. The summed E-state index contributed by atoms with van der Waals surface area (Å²) in [4.78, 5) is 0. The first-order chi connectivity index (χ1) is 14.4. The van der Waals surface area contributed by atoms with Crippen molar-refractivity contribution in [2.75, 3.05) is 0 Å². The van der Waals surface area contributed by atoms with Crippen molar-refractivity contribution in [1.82, 2.24) is 0 Å². The number of hydrogen-bond donors (Lipinski definition) is 2. The van der Waals surface area contributed by atoms with Crippen LogP contribution >= 0.6 is 0 Å². The summed E-state index contributed by atoms with van der Waals surface area (Å²) in [6.07, 6.45) is 13.3. The average molecular weight is 434 g/mol. The molecule has 3 fully saturated rings. The summed E-state index contributed by atoms with van der Waals surface area (Å²) in [5.74, 6) is 4.71. The Morgan fingerprint density at radius 2 is 1.74 bits per heavy atom.